The van der Waals surface area contributed by atoms with Gasteiger partial charge in [0.25, 0.3) is 0 Å². The standard InChI is InChI=1S/C22H29N3O5/c1-16(26)23-10-6-17-7-13-29-22(14-17)8-11-24(12-9-22)20(27)15-25-18-4-2-3-5-19(18)30-21(25)28/h2-5,17H,6-15H2,1H3,(H,23,26). The van der Waals surface area contributed by atoms with E-state index in [0.29, 0.717) is 36.7 Å². The Morgan fingerprint density at radius 1 is 1.23 bits per heavy atom. The predicted octanol–water partition coefficient (Wildman–Crippen LogP) is 1.91. The highest BCUT2D eigenvalue weighted by Gasteiger charge is 2.41. The second kappa shape index (κ2) is 8.63. The molecule has 8 nitrogen and oxygen atoms in total. The van der Waals surface area contributed by atoms with E-state index in [1.54, 1.807) is 25.1 Å². The molecule has 0 radical (unpaired) electrons. The molecule has 1 atom stereocenters. The van der Waals surface area contributed by atoms with Crippen molar-refractivity contribution in [1.82, 2.24) is 14.8 Å². The van der Waals surface area contributed by atoms with Crippen LogP contribution in [-0.2, 0) is 20.9 Å². The van der Waals surface area contributed by atoms with Crippen molar-refractivity contribution < 1.29 is 18.7 Å². The molecule has 30 heavy (non-hydrogen) atoms. The molecule has 162 valence electrons. The number of carbonyl (C=O) groups excluding carboxylic acids is 2. The summed E-state index contributed by atoms with van der Waals surface area (Å²) in [5.41, 5.74) is 0.963. The summed E-state index contributed by atoms with van der Waals surface area (Å²) < 4.78 is 12.8. The van der Waals surface area contributed by atoms with Crippen molar-refractivity contribution in [2.75, 3.05) is 26.2 Å². The lowest BCUT2D eigenvalue weighted by atomic mass is 9.78. The van der Waals surface area contributed by atoms with Crippen LogP contribution in [0.4, 0.5) is 0 Å². The Kier molecular flexibility index (Phi) is 5.94. The summed E-state index contributed by atoms with van der Waals surface area (Å²) in [5, 5.41) is 2.88. The Hall–Kier alpha value is -2.61. The van der Waals surface area contributed by atoms with E-state index in [9.17, 15) is 14.4 Å². The number of ether oxygens (including phenoxy) is 1. The maximum atomic E-state index is 12.8. The maximum Gasteiger partial charge on any atom is 0.420 e. The fourth-order valence-corrected chi connectivity index (χ4v) is 4.74. The number of amides is 2. The van der Waals surface area contributed by atoms with E-state index in [2.05, 4.69) is 5.32 Å². The van der Waals surface area contributed by atoms with Gasteiger partial charge in [-0.15, -0.1) is 0 Å². The van der Waals surface area contributed by atoms with Gasteiger partial charge in [-0.3, -0.25) is 14.2 Å². The summed E-state index contributed by atoms with van der Waals surface area (Å²) in [5.74, 6) is -0.0380. The average Bonchev–Trinajstić information content (AvgIpc) is 3.03. The van der Waals surface area contributed by atoms with Crippen LogP contribution in [0.5, 0.6) is 0 Å². The monoisotopic (exact) mass is 415 g/mol. The number of benzene rings is 1. The third-order valence-electron chi connectivity index (χ3n) is 6.42. The molecule has 0 saturated carbocycles. The van der Waals surface area contributed by atoms with Gasteiger partial charge in [-0.1, -0.05) is 12.1 Å². The van der Waals surface area contributed by atoms with Gasteiger partial charge in [0.2, 0.25) is 11.8 Å². The van der Waals surface area contributed by atoms with Crippen LogP contribution in [0.15, 0.2) is 33.5 Å². The van der Waals surface area contributed by atoms with Gasteiger partial charge < -0.3 is 19.4 Å². The summed E-state index contributed by atoms with van der Waals surface area (Å²) in [4.78, 5) is 37.9. The molecule has 1 spiro atoms. The third kappa shape index (κ3) is 4.43. The highest BCUT2D eigenvalue weighted by Crippen LogP contribution is 2.38. The van der Waals surface area contributed by atoms with Crippen LogP contribution < -0.4 is 11.1 Å². The van der Waals surface area contributed by atoms with E-state index in [1.165, 1.54) is 4.57 Å². The van der Waals surface area contributed by atoms with Crippen molar-refractivity contribution in [3.8, 4) is 0 Å². The average molecular weight is 415 g/mol. The Morgan fingerprint density at radius 3 is 2.77 bits per heavy atom. The van der Waals surface area contributed by atoms with Crippen LogP contribution in [0, 0.1) is 5.92 Å². The topological polar surface area (TPSA) is 93.8 Å². The number of hydrogen-bond donors (Lipinski definition) is 1. The van der Waals surface area contributed by atoms with Gasteiger partial charge in [-0.2, -0.15) is 0 Å². The number of nitrogens with zero attached hydrogens (tertiary/aromatic N) is 2. The van der Waals surface area contributed by atoms with Crippen LogP contribution in [-0.4, -0.2) is 53.1 Å². The lowest BCUT2D eigenvalue weighted by Crippen LogP contribution is -2.51. The summed E-state index contributed by atoms with van der Waals surface area (Å²) in [6, 6.07) is 7.14. The van der Waals surface area contributed by atoms with E-state index in [1.807, 2.05) is 11.0 Å². The molecule has 1 unspecified atom stereocenters. The Morgan fingerprint density at radius 2 is 2.00 bits per heavy atom. The minimum Gasteiger partial charge on any atom is -0.408 e. The molecule has 2 fully saturated rings. The first-order valence-corrected chi connectivity index (χ1v) is 10.7. The van der Waals surface area contributed by atoms with Gasteiger partial charge in [0.1, 0.15) is 6.54 Å². The Balaban J connectivity index is 1.33. The Labute approximate surface area is 175 Å². The lowest BCUT2D eigenvalue weighted by Gasteiger charge is -2.46. The van der Waals surface area contributed by atoms with E-state index in [0.717, 1.165) is 38.7 Å². The lowest BCUT2D eigenvalue weighted by molar-refractivity contribution is -0.147. The molecule has 2 saturated heterocycles. The summed E-state index contributed by atoms with van der Waals surface area (Å²) in [6.45, 7) is 4.22. The molecule has 2 aliphatic rings. The second-order valence-corrected chi connectivity index (χ2v) is 8.46. The SMILES string of the molecule is CC(=O)NCCC1CCOC2(CCN(C(=O)Cn3c(=O)oc4ccccc43)CC2)C1. The van der Waals surface area contributed by atoms with Gasteiger partial charge in [-0.05, 0) is 50.2 Å². The number of aromatic nitrogens is 1. The third-order valence-corrected chi connectivity index (χ3v) is 6.42. The Bertz CT molecular complexity index is 971. The van der Waals surface area contributed by atoms with E-state index in [-0.39, 0.29) is 24.0 Å². The molecule has 1 N–H and O–H groups in total. The highest BCUT2D eigenvalue weighted by atomic mass is 16.5. The number of oxazole rings is 1. The van der Waals surface area contributed by atoms with E-state index >= 15 is 0 Å². The molecule has 1 aromatic heterocycles. The second-order valence-electron chi connectivity index (χ2n) is 8.46. The summed E-state index contributed by atoms with van der Waals surface area (Å²) >= 11 is 0. The van der Waals surface area contributed by atoms with Crippen molar-refractivity contribution in [2.24, 2.45) is 5.92 Å². The van der Waals surface area contributed by atoms with Crippen molar-refractivity contribution in [3.05, 3.63) is 34.8 Å². The van der Waals surface area contributed by atoms with Gasteiger partial charge in [0.05, 0.1) is 11.1 Å². The molecule has 0 bridgehead atoms. The van der Waals surface area contributed by atoms with Gasteiger partial charge in [-0.25, -0.2) is 4.79 Å². The predicted molar refractivity (Wildman–Crippen MR) is 111 cm³/mol. The number of fused-ring (bicyclic) bond motifs is 1. The van der Waals surface area contributed by atoms with Crippen molar-refractivity contribution in [1.29, 1.82) is 0 Å². The first-order valence-electron chi connectivity index (χ1n) is 10.7. The zero-order valence-electron chi connectivity index (χ0n) is 17.4. The largest absolute Gasteiger partial charge is 0.420 e. The number of hydrogen-bond acceptors (Lipinski definition) is 5. The van der Waals surface area contributed by atoms with Crippen LogP contribution in [0.3, 0.4) is 0 Å². The molecule has 2 aromatic rings. The molecule has 1 aromatic carbocycles. The number of para-hydroxylation sites is 2. The van der Waals surface area contributed by atoms with Crippen molar-refractivity contribution in [2.45, 2.75) is 51.2 Å². The highest BCUT2D eigenvalue weighted by molar-refractivity contribution is 5.79. The first kappa shape index (κ1) is 20.7. The zero-order chi connectivity index (χ0) is 21.1. The van der Waals surface area contributed by atoms with Crippen LogP contribution in [0.1, 0.15) is 39.0 Å². The number of rotatable bonds is 5. The van der Waals surface area contributed by atoms with Crippen LogP contribution in [0.25, 0.3) is 11.1 Å². The number of carbonyl (C=O) groups is 2. The van der Waals surface area contributed by atoms with E-state index in [4.69, 9.17) is 9.15 Å². The summed E-state index contributed by atoms with van der Waals surface area (Å²) in [6.07, 6.45) is 4.55. The number of likely N-dealkylation sites (tertiary alicyclic amines) is 1. The molecular formula is C22H29N3O5. The molecular weight excluding hydrogens is 386 g/mol. The minimum atomic E-state index is -0.504. The van der Waals surface area contributed by atoms with E-state index < -0.39 is 5.76 Å². The van der Waals surface area contributed by atoms with Crippen LogP contribution >= 0.6 is 0 Å². The number of piperidine rings is 1. The zero-order valence-corrected chi connectivity index (χ0v) is 17.4. The molecule has 4 rings (SSSR count). The normalized spacial score (nSPS) is 21.1. The maximum absolute atomic E-state index is 12.8. The number of nitrogens with one attached hydrogen (secondary N) is 1. The summed E-state index contributed by atoms with van der Waals surface area (Å²) in [7, 11) is 0. The quantitative estimate of drug-likeness (QED) is 0.805. The molecule has 8 heteroatoms. The van der Waals surface area contributed by atoms with Gasteiger partial charge >= 0.3 is 5.76 Å². The molecule has 0 aliphatic carbocycles. The first-order chi connectivity index (χ1) is 14.5. The molecule has 2 amide bonds. The fraction of sp³-hybridized carbons (Fsp3) is 0.591. The van der Waals surface area contributed by atoms with Crippen LogP contribution in [0.2, 0.25) is 0 Å². The minimum absolute atomic E-state index is 0.00750. The fourth-order valence-electron chi connectivity index (χ4n) is 4.74. The molecule has 2 aliphatic heterocycles. The molecule has 3 heterocycles. The van der Waals surface area contributed by atoms with Crippen molar-refractivity contribution in [3.63, 3.8) is 0 Å². The van der Waals surface area contributed by atoms with Crippen molar-refractivity contribution >= 4 is 22.9 Å². The van der Waals surface area contributed by atoms with Gasteiger partial charge in [0.15, 0.2) is 5.58 Å². The van der Waals surface area contributed by atoms with Gasteiger partial charge in [0, 0.05) is 33.2 Å². The smallest absolute Gasteiger partial charge is 0.408 e.